The van der Waals surface area contributed by atoms with Gasteiger partial charge in [0.2, 0.25) is 5.91 Å². The molecule has 1 amide bonds. The molecule has 27 heavy (non-hydrogen) atoms. The molecule has 4 rings (SSSR count). The Balaban J connectivity index is 1.64. The van der Waals surface area contributed by atoms with Gasteiger partial charge in [-0.1, -0.05) is 56.3 Å². The molecule has 0 saturated carbocycles. The number of carbonyl (C=O) groups excluding carboxylic acids is 1. The van der Waals surface area contributed by atoms with Crippen LogP contribution in [0, 0.1) is 5.92 Å². The maximum Gasteiger partial charge on any atom is 0.225 e. The van der Waals surface area contributed by atoms with E-state index in [0.717, 1.165) is 28.1 Å². The second-order valence-corrected chi connectivity index (χ2v) is 8.24. The summed E-state index contributed by atoms with van der Waals surface area (Å²) >= 11 is 1.72. The van der Waals surface area contributed by atoms with Crippen LogP contribution in [-0.2, 0) is 4.79 Å². The Labute approximate surface area is 164 Å². The fraction of sp³-hybridized carbons (Fsp3) is 0.261. The Morgan fingerprint density at radius 2 is 1.85 bits per heavy atom. The van der Waals surface area contributed by atoms with Crippen molar-refractivity contribution in [3.8, 4) is 16.9 Å². The van der Waals surface area contributed by atoms with Crippen LogP contribution in [0.2, 0.25) is 0 Å². The van der Waals surface area contributed by atoms with Crippen molar-refractivity contribution in [3.05, 3.63) is 70.4 Å². The van der Waals surface area contributed by atoms with E-state index in [9.17, 15) is 4.79 Å². The number of nitrogens with one attached hydrogen (secondary N) is 1. The monoisotopic (exact) mass is 377 g/mol. The Kier molecular flexibility index (Phi) is 4.99. The molecule has 1 aromatic heterocycles. The van der Waals surface area contributed by atoms with Crippen LogP contribution < -0.4 is 10.1 Å². The van der Waals surface area contributed by atoms with Crippen LogP contribution in [0.15, 0.2) is 60.0 Å². The average molecular weight is 378 g/mol. The first-order chi connectivity index (χ1) is 13.1. The third-order valence-corrected chi connectivity index (χ3v) is 5.84. The van der Waals surface area contributed by atoms with Gasteiger partial charge in [0, 0.05) is 28.2 Å². The minimum Gasteiger partial charge on any atom is -0.493 e. The highest BCUT2D eigenvalue weighted by Crippen LogP contribution is 2.46. The van der Waals surface area contributed by atoms with Crippen molar-refractivity contribution in [1.29, 1.82) is 0 Å². The largest absolute Gasteiger partial charge is 0.493 e. The first kappa shape index (κ1) is 17.8. The van der Waals surface area contributed by atoms with Crippen molar-refractivity contribution >= 4 is 22.9 Å². The van der Waals surface area contributed by atoms with Crippen molar-refractivity contribution in [2.75, 3.05) is 11.9 Å². The Morgan fingerprint density at radius 3 is 2.56 bits per heavy atom. The summed E-state index contributed by atoms with van der Waals surface area (Å²) < 4.78 is 5.79. The van der Waals surface area contributed by atoms with Crippen LogP contribution >= 0.6 is 11.3 Å². The van der Waals surface area contributed by atoms with E-state index in [4.69, 9.17) is 4.74 Å². The number of hydrogen-bond acceptors (Lipinski definition) is 3. The molecule has 4 heteroatoms. The van der Waals surface area contributed by atoms with Crippen LogP contribution in [0.1, 0.15) is 36.6 Å². The van der Waals surface area contributed by atoms with Gasteiger partial charge in [-0.2, -0.15) is 0 Å². The molecule has 1 N–H and O–H groups in total. The molecule has 3 nitrogen and oxygen atoms in total. The van der Waals surface area contributed by atoms with E-state index >= 15 is 0 Å². The maximum atomic E-state index is 12.4. The molecule has 3 aromatic rings. The number of rotatable bonds is 5. The number of ether oxygens (including phenoxy) is 1. The Morgan fingerprint density at radius 1 is 1.11 bits per heavy atom. The molecule has 0 saturated heterocycles. The van der Waals surface area contributed by atoms with Crippen molar-refractivity contribution < 1.29 is 9.53 Å². The summed E-state index contributed by atoms with van der Waals surface area (Å²) in [5.74, 6) is 1.54. The fourth-order valence-electron chi connectivity index (χ4n) is 3.39. The zero-order chi connectivity index (χ0) is 18.8. The van der Waals surface area contributed by atoms with E-state index < -0.39 is 0 Å². The molecule has 1 aliphatic rings. The van der Waals surface area contributed by atoms with E-state index in [1.165, 1.54) is 4.88 Å². The van der Waals surface area contributed by atoms with E-state index in [1.54, 1.807) is 11.3 Å². The summed E-state index contributed by atoms with van der Waals surface area (Å²) in [6.45, 7) is 4.98. The standard InChI is InChI=1S/C23H23NO2S/c1-15(2)13-26-18-10-8-17(9-11-18)19-12-21(25)24-22-20(14-27-23(19)22)16-6-4-3-5-7-16/h3-11,14-15,19H,12-13H2,1-2H3,(H,24,25)/t19-/m0/s1. The fourth-order valence-corrected chi connectivity index (χ4v) is 4.55. The molecular weight excluding hydrogens is 354 g/mol. The molecule has 1 atom stereocenters. The van der Waals surface area contributed by atoms with Crippen LogP contribution in [0.5, 0.6) is 5.75 Å². The van der Waals surface area contributed by atoms with Gasteiger partial charge in [0.15, 0.2) is 0 Å². The summed E-state index contributed by atoms with van der Waals surface area (Å²) in [5.41, 5.74) is 4.36. The predicted molar refractivity (Wildman–Crippen MR) is 112 cm³/mol. The summed E-state index contributed by atoms with van der Waals surface area (Å²) in [4.78, 5) is 13.6. The van der Waals surface area contributed by atoms with Crippen molar-refractivity contribution in [3.63, 3.8) is 0 Å². The number of thiophene rings is 1. The number of benzene rings is 2. The maximum absolute atomic E-state index is 12.4. The van der Waals surface area contributed by atoms with Gasteiger partial charge in [-0.05, 0) is 29.2 Å². The number of amides is 1. The van der Waals surface area contributed by atoms with Crippen LogP contribution in [0.4, 0.5) is 5.69 Å². The lowest BCUT2D eigenvalue weighted by Gasteiger charge is -2.24. The van der Waals surface area contributed by atoms with E-state index in [1.807, 2.05) is 30.3 Å². The summed E-state index contributed by atoms with van der Waals surface area (Å²) in [6.07, 6.45) is 0.480. The molecule has 0 fully saturated rings. The lowest BCUT2D eigenvalue weighted by atomic mass is 9.89. The van der Waals surface area contributed by atoms with Gasteiger partial charge in [0.1, 0.15) is 5.75 Å². The molecule has 0 aliphatic carbocycles. The first-order valence-corrected chi connectivity index (χ1v) is 10.2. The molecule has 0 spiro atoms. The molecule has 0 unspecified atom stereocenters. The molecule has 2 aromatic carbocycles. The van der Waals surface area contributed by atoms with Gasteiger partial charge in [-0.25, -0.2) is 0 Å². The average Bonchev–Trinajstić information content (AvgIpc) is 3.10. The SMILES string of the molecule is CC(C)COc1ccc([C@@H]2CC(=O)Nc3c(-c4ccccc4)csc32)cc1. The molecule has 0 radical (unpaired) electrons. The smallest absolute Gasteiger partial charge is 0.225 e. The van der Waals surface area contributed by atoms with Gasteiger partial charge in [-0.3, -0.25) is 4.79 Å². The van der Waals surface area contributed by atoms with Crippen LogP contribution in [-0.4, -0.2) is 12.5 Å². The van der Waals surface area contributed by atoms with Crippen LogP contribution in [0.3, 0.4) is 0 Å². The van der Waals surface area contributed by atoms with Gasteiger partial charge >= 0.3 is 0 Å². The van der Waals surface area contributed by atoms with Crippen molar-refractivity contribution in [1.82, 2.24) is 0 Å². The third kappa shape index (κ3) is 3.76. The molecule has 0 bridgehead atoms. The summed E-state index contributed by atoms with van der Waals surface area (Å²) in [5, 5.41) is 5.25. The van der Waals surface area contributed by atoms with Crippen LogP contribution in [0.25, 0.3) is 11.1 Å². The summed E-state index contributed by atoms with van der Waals surface area (Å²) in [7, 11) is 0. The van der Waals surface area contributed by atoms with Gasteiger partial charge in [0.05, 0.1) is 12.3 Å². The molecular formula is C23H23NO2S. The number of anilines is 1. The van der Waals surface area contributed by atoms with Gasteiger partial charge in [-0.15, -0.1) is 11.3 Å². The molecule has 138 valence electrons. The first-order valence-electron chi connectivity index (χ1n) is 9.31. The molecule has 1 aliphatic heterocycles. The second-order valence-electron chi connectivity index (χ2n) is 7.33. The molecule has 2 heterocycles. The Hall–Kier alpha value is -2.59. The second kappa shape index (κ2) is 7.57. The quantitative estimate of drug-likeness (QED) is 0.599. The topological polar surface area (TPSA) is 38.3 Å². The highest BCUT2D eigenvalue weighted by molar-refractivity contribution is 7.11. The minimum absolute atomic E-state index is 0.0724. The lowest BCUT2D eigenvalue weighted by Crippen LogP contribution is -2.22. The zero-order valence-corrected chi connectivity index (χ0v) is 16.4. The number of hydrogen-bond donors (Lipinski definition) is 1. The lowest BCUT2D eigenvalue weighted by molar-refractivity contribution is -0.116. The zero-order valence-electron chi connectivity index (χ0n) is 15.6. The normalized spacial score (nSPS) is 16.1. The Bertz CT molecular complexity index is 929. The number of carbonyl (C=O) groups is 1. The van der Waals surface area contributed by atoms with E-state index in [0.29, 0.717) is 18.9 Å². The van der Waals surface area contributed by atoms with Crippen molar-refractivity contribution in [2.24, 2.45) is 5.92 Å². The number of fused-ring (bicyclic) bond motifs is 1. The third-order valence-electron chi connectivity index (χ3n) is 4.74. The highest BCUT2D eigenvalue weighted by atomic mass is 32.1. The van der Waals surface area contributed by atoms with E-state index in [2.05, 4.69) is 48.8 Å². The predicted octanol–water partition coefficient (Wildman–Crippen LogP) is 5.92. The minimum atomic E-state index is 0.0724. The van der Waals surface area contributed by atoms with Crippen molar-refractivity contribution in [2.45, 2.75) is 26.2 Å². The van der Waals surface area contributed by atoms with Gasteiger partial charge < -0.3 is 10.1 Å². The van der Waals surface area contributed by atoms with E-state index in [-0.39, 0.29) is 11.8 Å². The van der Waals surface area contributed by atoms with Gasteiger partial charge in [0.25, 0.3) is 0 Å². The highest BCUT2D eigenvalue weighted by Gasteiger charge is 2.30. The summed E-state index contributed by atoms with van der Waals surface area (Å²) in [6, 6.07) is 18.4.